The van der Waals surface area contributed by atoms with Gasteiger partial charge in [-0.3, -0.25) is 4.79 Å². The molecule has 0 unspecified atom stereocenters. The highest BCUT2D eigenvalue weighted by Gasteiger charge is 2.18. The molecule has 1 aromatic carbocycles. The number of nitrogens with zero attached hydrogens (tertiary/aromatic N) is 4. The predicted octanol–water partition coefficient (Wildman–Crippen LogP) is 3.01. The van der Waals surface area contributed by atoms with Crippen molar-refractivity contribution >= 4 is 11.6 Å². The Labute approximate surface area is 135 Å². The Hall–Kier alpha value is -2.69. The first-order chi connectivity index (χ1) is 11.1. The minimum absolute atomic E-state index is 0.0548. The topological polar surface area (TPSA) is 50.5 Å². The van der Waals surface area contributed by atoms with Crippen molar-refractivity contribution in [1.82, 2.24) is 19.5 Å². The second-order valence-electron chi connectivity index (χ2n) is 5.64. The van der Waals surface area contributed by atoms with Gasteiger partial charge in [-0.2, -0.15) is 5.10 Å². The number of benzene rings is 1. The van der Waals surface area contributed by atoms with Gasteiger partial charge in [-0.05, 0) is 32.4 Å². The molecule has 5 nitrogen and oxygen atoms in total. The minimum atomic E-state index is -0.0548. The van der Waals surface area contributed by atoms with Crippen molar-refractivity contribution in [2.45, 2.75) is 27.3 Å². The summed E-state index contributed by atoms with van der Waals surface area (Å²) in [5, 5.41) is 4.38. The second-order valence-corrected chi connectivity index (χ2v) is 5.64. The standard InChI is InChI=1S/C18H20N4O/c1-4-21(12-15-8-6-5-7-9-15)18(23)16-11-14(3)22-17(19-16)10-13(2)20-22/h5-11H,4,12H2,1-3H3. The van der Waals surface area contributed by atoms with Gasteiger partial charge >= 0.3 is 0 Å². The van der Waals surface area contributed by atoms with E-state index in [4.69, 9.17) is 0 Å². The van der Waals surface area contributed by atoms with Crippen LogP contribution in [0.25, 0.3) is 5.65 Å². The van der Waals surface area contributed by atoms with Gasteiger partial charge in [0.15, 0.2) is 5.65 Å². The Balaban J connectivity index is 1.91. The molecule has 0 bridgehead atoms. The van der Waals surface area contributed by atoms with Gasteiger partial charge < -0.3 is 4.90 Å². The third kappa shape index (κ3) is 3.08. The summed E-state index contributed by atoms with van der Waals surface area (Å²) in [6.45, 7) is 7.06. The first kappa shape index (κ1) is 15.2. The SMILES string of the molecule is CCN(Cc1ccccc1)C(=O)c1cc(C)n2nc(C)cc2n1. The summed E-state index contributed by atoms with van der Waals surface area (Å²) in [6, 6.07) is 13.7. The molecule has 1 amide bonds. The molecule has 0 radical (unpaired) electrons. The lowest BCUT2D eigenvalue weighted by atomic mass is 10.2. The van der Waals surface area contributed by atoms with Gasteiger partial charge in [0.2, 0.25) is 0 Å². The van der Waals surface area contributed by atoms with Crippen LogP contribution in [0.5, 0.6) is 0 Å². The van der Waals surface area contributed by atoms with E-state index < -0.39 is 0 Å². The Morgan fingerprint density at radius 2 is 1.91 bits per heavy atom. The van der Waals surface area contributed by atoms with Gasteiger partial charge in [-0.1, -0.05) is 30.3 Å². The average molecular weight is 308 g/mol. The fraction of sp³-hybridized carbons (Fsp3) is 0.278. The Kier molecular flexibility index (Phi) is 4.10. The van der Waals surface area contributed by atoms with Gasteiger partial charge in [0, 0.05) is 24.8 Å². The number of rotatable bonds is 4. The Morgan fingerprint density at radius 3 is 2.61 bits per heavy atom. The van der Waals surface area contributed by atoms with Crippen molar-refractivity contribution in [2.75, 3.05) is 6.54 Å². The third-order valence-corrected chi connectivity index (χ3v) is 3.83. The number of aryl methyl sites for hydroxylation is 2. The van der Waals surface area contributed by atoms with Gasteiger partial charge in [0.05, 0.1) is 5.69 Å². The van der Waals surface area contributed by atoms with E-state index in [-0.39, 0.29) is 5.91 Å². The van der Waals surface area contributed by atoms with Gasteiger partial charge in [0.1, 0.15) is 5.69 Å². The molecule has 5 heteroatoms. The predicted molar refractivity (Wildman–Crippen MR) is 89.3 cm³/mol. The van der Waals surface area contributed by atoms with E-state index >= 15 is 0 Å². The molecule has 0 aliphatic carbocycles. The molecular formula is C18H20N4O. The molecule has 0 spiro atoms. The number of carbonyl (C=O) groups is 1. The van der Waals surface area contributed by atoms with E-state index in [2.05, 4.69) is 10.1 Å². The van der Waals surface area contributed by atoms with Crippen molar-refractivity contribution in [3.63, 3.8) is 0 Å². The van der Waals surface area contributed by atoms with Gasteiger partial charge in [0.25, 0.3) is 5.91 Å². The van der Waals surface area contributed by atoms with Crippen molar-refractivity contribution in [1.29, 1.82) is 0 Å². The molecule has 0 saturated heterocycles. The zero-order valence-corrected chi connectivity index (χ0v) is 13.7. The molecule has 3 rings (SSSR count). The van der Waals surface area contributed by atoms with Crippen LogP contribution in [0.15, 0.2) is 42.5 Å². The summed E-state index contributed by atoms with van der Waals surface area (Å²) in [5.41, 5.74) is 4.08. The van der Waals surface area contributed by atoms with Crippen LogP contribution in [-0.4, -0.2) is 31.9 Å². The van der Waals surface area contributed by atoms with Crippen molar-refractivity contribution in [2.24, 2.45) is 0 Å². The van der Waals surface area contributed by atoms with Crippen LogP contribution >= 0.6 is 0 Å². The summed E-state index contributed by atoms with van der Waals surface area (Å²) < 4.78 is 1.76. The van der Waals surface area contributed by atoms with Crippen LogP contribution in [0.3, 0.4) is 0 Å². The maximum Gasteiger partial charge on any atom is 0.272 e. The second kappa shape index (κ2) is 6.20. The molecule has 0 fully saturated rings. The molecule has 0 aliphatic rings. The largest absolute Gasteiger partial charge is 0.333 e. The highest BCUT2D eigenvalue weighted by Crippen LogP contribution is 2.13. The number of aromatic nitrogens is 3. The molecule has 118 valence electrons. The summed E-state index contributed by atoms with van der Waals surface area (Å²) in [5.74, 6) is -0.0548. The zero-order valence-electron chi connectivity index (χ0n) is 13.7. The van der Waals surface area contributed by atoms with Crippen LogP contribution < -0.4 is 0 Å². The molecule has 2 heterocycles. The molecule has 2 aromatic heterocycles. The maximum atomic E-state index is 12.8. The lowest BCUT2D eigenvalue weighted by molar-refractivity contribution is 0.0746. The van der Waals surface area contributed by atoms with Gasteiger partial charge in [-0.25, -0.2) is 9.50 Å². The van der Waals surface area contributed by atoms with Crippen molar-refractivity contribution < 1.29 is 4.79 Å². The monoisotopic (exact) mass is 308 g/mol. The number of hydrogen-bond donors (Lipinski definition) is 0. The summed E-state index contributed by atoms with van der Waals surface area (Å²) >= 11 is 0. The Bertz CT molecular complexity index is 839. The molecule has 0 aliphatic heterocycles. The average Bonchev–Trinajstić information content (AvgIpc) is 2.94. The molecule has 3 aromatic rings. The summed E-state index contributed by atoms with van der Waals surface area (Å²) in [6.07, 6.45) is 0. The van der Waals surface area contributed by atoms with E-state index in [1.165, 1.54) is 0 Å². The van der Waals surface area contributed by atoms with Crippen LogP contribution in [0.2, 0.25) is 0 Å². The van der Waals surface area contributed by atoms with E-state index in [1.54, 1.807) is 15.5 Å². The lowest BCUT2D eigenvalue weighted by Gasteiger charge is -2.20. The van der Waals surface area contributed by atoms with Crippen LogP contribution in [0, 0.1) is 13.8 Å². The fourth-order valence-electron chi connectivity index (χ4n) is 2.64. The molecule has 0 N–H and O–H groups in total. The summed E-state index contributed by atoms with van der Waals surface area (Å²) in [7, 11) is 0. The minimum Gasteiger partial charge on any atom is -0.333 e. The maximum absolute atomic E-state index is 12.8. The first-order valence-corrected chi connectivity index (χ1v) is 7.75. The Morgan fingerprint density at radius 1 is 1.17 bits per heavy atom. The van der Waals surface area contributed by atoms with Crippen LogP contribution in [0.1, 0.15) is 34.4 Å². The van der Waals surface area contributed by atoms with Crippen LogP contribution in [-0.2, 0) is 6.54 Å². The van der Waals surface area contributed by atoms with Crippen molar-refractivity contribution in [3.8, 4) is 0 Å². The highest BCUT2D eigenvalue weighted by atomic mass is 16.2. The van der Waals surface area contributed by atoms with E-state index in [0.717, 1.165) is 17.0 Å². The van der Waals surface area contributed by atoms with Gasteiger partial charge in [-0.15, -0.1) is 0 Å². The third-order valence-electron chi connectivity index (χ3n) is 3.83. The first-order valence-electron chi connectivity index (χ1n) is 7.75. The molecule has 0 atom stereocenters. The zero-order chi connectivity index (χ0) is 16.4. The fourth-order valence-corrected chi connectivity index (χ4v) is 2.64. The molecular weight excluding hydrogens is 288 g/mol. The quantitative estimate of drug-likeness (QED) is 0.744. The number of fused-ring (bicyclic) bond motifs is 1. The summed E-state index contributed by atoms with van der Waals surface area (Å²) in [4.78, 5) is 19.1. The van der Waals surface area contributed by atoms with E-state index in [9.17, 15) is 4.79 Å². The number of carbonyl (C=O) groups excluding carboxylic acids is 1. The lowest BCUT2D eigenvalue weighted by Crippen LogP contribution is -2.31. The molecule has 23 heavy (non-hydrogen) atoms. The van der Waals surface area contributed by atoms with Crippen molar-refractivity contribution in [3.05, 3.63) is 65.1 Å². The normalized spacial score (nSPS) is 10.9. The van der Waals surface area contributed by atoms with E-state index in [1.807, 2.05) is 57.2 Å². The number of hydrogen-bond acceptors (Lipinski definition) is 3. The van der Waals surface area contributed by atoms with Crippen LogP contribution in [0.4, 0.5) is 0 Å². The number of amides is 1. The molecule has 0 saturated carbocycles. The smallest absolute Gasteiger partial charge is 0.272 e. The highest BCUT2D eigenvalue weighted by molar-refractivity contribution is 5.92. The van der Waals surface area contributed by atoms with E-state index in [0.29, 0.717) is 24.4 Å².